The van der Waals surface area contributed by atoms with Crippen molar-refractivity contribution in [3.05, 3.63) is 41.2 Å². The van der Waals surface area contributed by atoms with Crippen LogP contribution in [0.25, 0.3) is 0 Å². The maximum atomic E-state index is 12.5. The first kappa shape index (κ1) is 22.2. The molecule has 2 N–H and O–H groups in total. The normalized spacial score (nSPS) is 15.5. The average Bonchev–Trinajstić information content (AvgIpc) is 3.10. The van der Waals surface area contributed by atoms with Crippen LogP contribution in [0.3, 0.4) is 0 Å². The standard InChI is InChI=1S/C20H29N5O2.ClH/c1-14(16-4-6-18(27-3)7-5-16)8-13-22-20(26)19-15(2)25(24-23-19)17-9-11-21-12-10-17;/h4-7,14,17,21H,8-13H2,1-3H3,(H,22,26);1H. The number of aromatic nitrogens is 3. The molecule has 1 saturated heterocycles. The van der Waals surface area contributed by atoms with E-state index in [0.29, 0.717) is 24.2 Å². The summed E-state index contributed by atoms with van der Waals surface area (Å²) in [6.45, 7) is 6.65. The Kier molecular flexibility index (Phi) is 8.26. The van der Waals surface area contributed by atoms with Crippen molar-refractivity contribution in [3.8, 4) is 5.75 Å². The fraction of sp³-hybridized carbons (Fsp3) is 0.550. The number of nitrogens with one attached hydrogen (secondary N) is 2. The minimum absolute atomic E-state index is 0. The lowest BCUT2D eigenvalue weighted by atomic mass is 9.98. The van der Waals surface area contributed by atoms with Crippen LogP contribution in [0.2, 0.25) is 0 Å². The van der Waals surface area contributed by atoms with E-state index in [4.69, 9.17) is 4.74 Å². The van der Waals surface area contributed by atoms with Gasteiger partial charge in [0.25, 0.3) is 5.91 Å². The molecule has 1 unspecified atom stereocenters. The van der Waals surface area contributed by atoms with Gasteiger partial charge in [-0.2, -0.15) is 0 Å². The molecule has 0 spiro atoms. The second-order valence-corrected chi connectivity index (χ2v) is 7.17. The zero-order valence-corrected chi connectivity index (χ0v) is 17.6. The summed E-state index contributed by atoms with van der Waals surface area (Å²) in [7, 11) is 1.66. The molecule has 1 aromatic heterocycles. The molecule has 1 aromatic carbocycles. The number of piperidine rings is 1. The molecule has 2 aromatic rings. The number of benzene rings is 1. The van der Waals surface area contributed by atoms with Gasteiger partial charge in [0.2, 0.25) is 0 Å². The van der Waals surface area contributed by atoms with Gasteiger partial charge in [-0.15, -0.1) is 17.5 Å². The van der Waals surface area contributed by atoms with E-state index >= 15 is 0 Å². The van der Waals surface area contributed by atoms with E-state index in [1.165, 1.54) is 5.56 Å². The summed E-state index contributed by atoms with van der Waals surface area (Å²) < 4.78 is 7.10. The molecule has 0 saturated carbocycles. The molecule has 0 radical (unpaired) electrons. The molecular weight excluding hydrogens is 378 g/mol. The highest BCUT2D eigenvalue weighted by Crippen LogP contribution is 2.22. The van der Waals surface area contributed by atoms with E-state index in [9.17, 15) is 4.79 Å². The van der Waals surface area contributed by atoms with Crippen molar-refractivity contribution in [3.63, 3.8) is 0 Å². The largest absolute Gasteiger partial charge is 0.497 e. The SMILES string of the molecule is COc1ccc(C(C)CCNC(=O)c2nnn(C3CCNCC3)c2C)cc1.Cl. The first-order valence-corrected chi connectivity index (χ1v) is 9.64. The van der Waals surface area contributed by atoms with Gasteiger partial charge in [0, 0.05) is 6.54 Å². The highest BCUT2D eigenvalue weighted by atomic mass is 35.5. The molecule has 1 aliphatic rings. The van der Waals surface area contributed by atoms with Crippen LogP contribution in [-0.2, 0) is 0 Å². The van der Waals surface area contributed by atoms with Crippen molar-refractivity contribution in [2.24, 2.45) is 0 Å². The predicted octanol–water partition coefficient (Wildman–Crippen LogP) is 2.87. The van der Waals surface area contributed by atoms with Gasteiger partial charge in [-0.25, -0.2) is 4.68 Å². The van der Waals surface area contributed by atoms with E-state index in [-0.39, 0.29) is 18.3 Å². The van der Waals surface area contributed by atoms with Gasteiger partial charge >= 0.3 is 0 Å². The zero-order valence-electron chi connectivity index (χ0n) is 16.8. The molecule has 1 fully saturated rings. The van der Waals surface area contributed by atoms with Crippen LogP contribution < -0.4 is 15.4 Å². The minimum Gasteiger partial charge on any atom is -0.497 e. The lowest BCUT2D eigenvalue weighted by Gasteiger charge is -2.23. The second-order valence-electron chi connectivity index (χ2n) is 7.17. The quantitative estimate of drug-likeness (QED) is 0.737. The smallest absolute Gasteiger partial charge is 0.273 e. The summed E-state index contributed by atoms with van der Waals surface area (Å²) in [6, 6.07) is 8.40. The number of ether oxygens (including phenoxy) is 1. The van der Waals surface area contributed by atoms with Gasteiger partial charge in [-0.05, 0) is 62.9 Å². The number of amides is 1. The summed E-state index contributed by atoms with van der Waals surface area (Å²) in [5, 5.41) is 14.7. The number of hydrogen-bond acceptors (Lipinski definition) is 5. The molecule has 28 heavy (non-hydrogen) atoms. The third-order valence-electron chi connectivity index (χ3n) is 5.34. The van der Waals surface area contributed by atoms with Gasteiger partial charge in [0.15, 0.2) is 5.69 Å². The number of hydrogen-bond donors (Lipinski definition) is 2. The van der Waals surface area contributed by atoms with Crippen LogP contribution in [-0.4, -0.2) is 47.6 Å². The highest BCUT2D eigenvalue weighted by Gasteiger charge is 2.22. The van der Waals surface area contributed by atoms with Crippen LogP contribution in [0.1, 0.15) is 59.9 Å². The van der Waals surface area contributed by atoms with E-state index < -0.39 is 0 Å². The Morgan fingerprint density at radius 1 is 1.32 bits per heavy atom. The lowest BCUT2D eigenvalue weighted by Crippen LogP contribution is -2.30. The molecule has 3 rings (SSSR count). The molecule has 1 amide bonds. The van der Waals surface area contributed by atoms with Crippen molar-refractivity contribution in [1.82, 2.24) is 25.6 Å². The molecule has 8 heteroatoms. The molecule has 1 atom stereocenters. The van der Waals surface area contributed by atoms with E-state index in [1.54, 1.807) is 7.11 Å². The molecule has 1 aliphatic heterocycles. The fourth-order valence-electron chi connectivity index (χ4n) is 3.53. The Morgan fingerprint density at radius 3 is 2.64 bits per heavy atom. The predicted molar refractivity (Wildman–Crippen MR) is 112 cm³/mol. The Labute approximate surface area is 172 Å². The van der Waals surface area contributed by atoms with Crippen molar-refractivity contribution >= 4 is 18.3 Å². The second kappa shape index (κ2) is 10.4. The van der Waals surface area contributed by atoms with Gasteiger partial charge < -0.3 is 15.4 Å². The Balaban J connectivity index is 0.00000280. The molecular formula is C20H30ClN5O2. The van der Waals surface area contributed by atoms with E-state index in [0.717, 1.165) is 43.8 Å². The van der Waals surface area contributed by atoms with Crippen LogP contribution in [0, 0.1) is 6.92 Å². The van der Waals surface area contributed by atoms with Gasteiger partial charge in [-0.3, -0.25) is 4.79 Å². The van der Waals surface area contributed by atoms with Crippen molar-refractivity contribution in [1.29, 1.82) is 0 Å². The zero-order chi connectivity index (χ0) is 19.2. The Bertz CT molecular complexity index is 756. The molecule has 7 nitrogen and oxygen atoms in total. The molecule has 154 valence electrons. The highest BCUT2D eigenvalue weighted by molar-refractivity contribution is 5.93. The van der Waals surface area contributed by atoms with E-state index in [2.05, 4.69) is 40.0 Å². The molecule has 0 aliphatic carbocycles. The lowest BCUT2D eigenvalue weighted by molar-refractivity contribution is 0.0947. The Hall–Kier alpha value is -2.12. The van der Waals surface area contributed by atoms with E-state index in [1.807, 2.05) is 23.7 Å². The van der Waals surface area contributed by atoms with Crippen LogP contribution in [0.5, 0.6) is 5.75 Å². The van der Waals surface area contributed by atoms with Crippen molar-refractivity contribution in [2.45, 2.75) is 45.1 Å². The first-order valence-electron chi connectivity index (χ1n) is 9.64. The van der Waals surface area contributed by atoms with Crippen LogP contribution in [0.15, 0.2) is 24.3 Å². The topological polar surface area (TPSA) is 81.1 Å². The van der Waals surface area contributed by atoms with Gasteiger partial charge in [0.05, 0.1) is 18.8 Å². The number of carbonyl (C=O) groups excluding carboxylic acids is 1. The summed E-state index contributed by atoms with van der Waals surface area (Å²) in [5.74, 6) is 1.06. The summed E-state index contributed by atoms with van der Waals surface area (Å²) in [6.07, 6.45) is 2.90. The first-order chi connectivity index (χ1) is 13.1. The molecule has 0 bridgehead atoms. The monoisotopic (exact) mass is 407 g/mol. The third-order valence-corrected chi connectivity index (χ3v) is 5.34. The Morgan fingerprint density at radius 2 is 2.00 bits per heavy atom. The summed E-state index contributed by atoms with van der Waals surface area (Å²) >= 11 is 0. The van der Waals surface area contributed by atoms with Crippen LogP contribution >= 0.6 is 12.4 Å². The number of halogens is 1. The van der Waals surface area contributed by atoms with Crippen LogP contribution in [0.4, 0.5) is 0 Å². The van der Waals surface area contributed by atoms with Gasteiger partial charge in [-0.1, -0.05) is 24.3 Å². The number of methoxy groups -OCH3 is 1. The van der Waals surface area contributed by atoms with Crippen molar-refractivity contribution < 1.29 is 9.53 Å². The number of carbonyl (C=O) groups is 1. The van der Waals surface area contributed by atoms with Gasteiger partial charge in [0.1, 0.15) is 5.75 Å². The summed E-state index contributed by atoms with van der Waals surface area (Å²) in [4.78, 5) is 12.5. The number of nitrogens with zero attached hydrogens (tertiary/aromatic N) is 3. The fourth-order valence-corrected chi connectivity index (χ4v) is 3.53. The molecule has 2 heterocycles. The maximum absolute atomic E-state index is 12.5. The minimum atomic E-state index is -0.144. The average molecular weight is 408 g/mol. The number of rotatable bonds is 7. The summed E-state index contributed by atoms with van der Waals surface area (Å²) in [5.41, 5.74) is 2.52. The maximum Gasteiger partial charge on any atom is 0.273 e. The van der Waals surface area contributed by atoms with Crippen molar-refractivity contribution in [2.75, 3.05) is 26.7 Å². The third kappa shape index (κ3) is 5.23.